The van der Waals surface area contributed by atoms with Crippen molar-refractivity contribution in [1.29, 1.82) is 0 Å². The van der Waals surface area contributed by atoms with Crippen LogP contribution in [0, 0.1) is 32.6 Å². The highest BCUT2D eigenvalue weighted by molar-refractivity contribution is 6.00. The van der Waals surface area contributed by atoms with Gasteiger partial charge in [-0.2, -0.15) is 0 Å². The number of ketones is 1. The van der Waals surface area contributed by atoms with Crippen LogP contribution in [0.1, 0.15) is 40.9 Å². The number of hydrogen-bond acceptors (Lipinski definition) is 2. The van der Waals surface area contributed by atoms with Crippen LogP contribution in [-0.2, 0) is 0 Å². The Kier molecular flexibility index (Phi) is 4.47. The SMILES string of the molecule is Cc1cc(C)c(C(=O)C(CO)C(C)C)c(C)c1. The van der Waals surface area contributed by atoms with Crippen molar-refractivity contribution in [2.75, 3.05) is 6.61 Å². The second-order valence-corrected chi connectivity index (χ2v) is 5.17. The van der Waals surface area contributed by atoms with Gasteiger partial charge >= 0.3 is 0 Å². The van der Waals surface area contributed by atoms with Crippen molar-refractivity contribution in [2.24, 2.45) is 11.8 Å². The fraction of sp³-hybridized carbons (Fsp3) is 0.533. The summed E-state index contributed by atoms with van der Waals surface area (Å²) in [7, 11) is 0. The molecule has 1 rings (SSSR count). The first-order chi connectivity index (χ1) is 7.88. The highest BCUT2D eigenvalue weighted by Gasteiger charge is 2.25. The van der Waals surface area contributed by atoms with Crippen LogP contribution in [0.15, 0.2) is 12.1 Å². The first-order valence-electron chi connectivity index (χ1n) is 6.11. The lowest BCUT2D eigenvalue weighted by Crippen LogP contribution is -2.25. The number of aliphatic hydroxyl groups is 1. The second kappa shape index (κ2) is 5.46. The van der Waals surface area contributed by atoms with Gasteiger partial charge in [0.1, 0.15) is 0 Å². The summed E-state index contributed by atoms with van der Waals surface area (Å²) in [5.74, 6) is -0.0693. The predicted molar refractivity (Wildman–Crippen MR) is 70.4 cm³/mol. The minimum Gasteiger partial charge on any atom is -0.396 e. The van der Waals surface area contributed by atoms with Gasteiger partial charge < -0.3 is 5.11 Å². The lowest BCUT2D eigenvalue weighted by Gasteiger charge is -2.19. The number of carbonyl (C=O) groups excluding carboxylic acids is 1. The van der Waals surface area contributed by atoms with E-state index in [9.17, 15) is 9.90 Å². The van der Waals surface area contributed by atoms with Gasteiger partial charge in [-0.3, -0.25) is 4.79 Å². The summed E-state index contributed by atoms with van der Waals surface area (Å²) in [6.45, 7) is 9.81. The maximum Gasteiger partial charge on any atom is 0.169 e. The van der Waals surface area contributed by atoms with E-state index in [1.54, 1.807) is 0 Å². The molecular formula is C15H22O2. The third kappa shape index (κ3) is 2.95. The minimum absolute atomic E-state index is 0.0671. The summed E-state index contributed by atoms with van der Waals surface area (Å²) in [5, 5.41) is 9.34. The molecule has 0 amide bonds. The molecule has 94 valence electrons. The van der Waals surface area contributed by atoms with Crippen molar-refractivity contribution >= 4 is 5.78 Å². The van der Waals surface area contributed by atoms with E-state index in [4.69, 9.17) is 0 Å². The number of Topliss-reactive ketones (excluding diaryl/α,β-unsaturated/α-hetero) is 1. The van der Waals surface area contributed by atoms with E-state index in [1.165, 1.54) is 5.56 Å². The van der Waals surface area contributed by atoms with Crippen molar-refractivity contribution in [3.8, 4) is 0 Å². The maximum absolute atomic E-state index is 12.4. The lowest BCUT2D eigenvalue weighted by atomic mass is 9.85. The Labute approximate surface area is 104 Å². The molecule has 0 aromatic heterocycles. The molecule has 2 heteroatoms. The van der Waals surface area contributed by atoms with Crippen LogP contribution < -0.4 is 0 Å². The maximum atomic E-state index is 12.4. The largest absolute Gasteiger partial charge is 0.396 e. The first-order valence-corrected chi connectivity index (χ1v) is 6.11. The molecule has 0 aliphatic carbocycles. The topological polar surface area (TPSA) is 37.3 Å². The molecule has 1 aromatic carbocycles. The number of benzene rings is 1. The summed E-state index contributed by atoms with van der Waals surface area (Å²) in [5.41, 5.74) is 3.96. The van der Waals surface area contributed by atoms with Crippen molar-refractivity contribution < 1.29 is 9.90 Å². The monoisotopic (exact) mass is 234 g/mol. The number of hydrogen-bond donors (Lipinski definition) is 1. The van der Waals surface area contributed by atoms with Gasteiger partial charge in [0.2, 0.25) is 0 Å². The number of rotatable bonds is 4. The third-order valence-electron chi connectivity index (χ3n) is 3.26. The molecule has 2 nitrogen and oxygen atoms in total. The van der Waals surface area contributed by atoms with Crippen LogP contribution in [0.2, 0.25) is 0 Å². The number of carbonyl (C=O) groups is 1. The summed E-state index contributed by atoms with van der Waals surface area (Å²) in [4.78, 5) is 12.4. The Morgan fingerprint density at radius 1 is 1.18 bits per heavy atom. The highest BCUT2D eigenvalue weighted by Crippen LogP contribution is 2.23. The van der Waals surface area contributed by atoms with Gasteiger partial charge in [-0.15, -0.1) is 0 Å². The Hall–Kier alpha value is -1.15. The zero-order chi connectivity index (χ0) is 13.2. The van der Waals surface area contributed by atoms with E-state index in [0.29, 0.717) is 0 Å². The quantitative estimate of drug-likeness (QED) is 0.813. The smallest absolute Gasteiger partial charge is 0.169 e. The molecule has 17 heavy (non-hydrogen) atoms. The van der Waals surface area contributed by atoms with Crippen molar-refractivity contribution in [3.05, 3.63) is 34.4 Å². The molecule has 0 saturated heterocycles. The zero-order valence-corrected chi connectivity index (χ0v) is 11.4. The fourth-order valence-electron chi connectivity index (χ4n) is 2.35. The minimum atomic E-state index is -0.296. The molecule has 0 aliphatic rings. The van der Waals surface area contributed by atoms with Crippen LogP contribution in [0.5, 0.6) is 0 Å². The Morgan fingerprint density at radius 3 is 2.00 bits per heavy atom. The van der Waals surface area contributed by atoms with E-state index in [-0.39, 0.29) is 24.2 Å². The molecule has 0 spiro atoms. The Morgan fingerprint density at radius 2 is 1.65 bits per heavy atom. The van der Waals surface area contributed by atoms with Crippen molar-refractivity contribution in [1.82, 2.24) is 0 Å². The molecule has 0 fully saturated rings. The van der Waals surface area contributed by atoms with Crippen LogP contribution in [0.4, 0.5) is 0 Å². The molecule has 0 saturated carbocycles. The molecule has 1 atom stereocenters. The predicted octanol–water partition coefficient (Wildman–Crippen LogP) is 3.06. The zero-order valence-electron chi connectivity index (χ0n) is 11.4. The van der Waals surface area contributed by atoms with Crippen LogP contribution >= 0.6 is 0 Å². The number of aliphatic hydroxyl groups excluding tert-OH is 1. The molecule has 0 bridgehead atoms. The summed E-state index contributed by atoms with van der Waals surface area (Å²) in [6, 6.07) is 4.05. The Bertz CT molecular complexity index is 396. The van der Waals surface area contributed by atoms with Crippen molar-refractivity contribution in [2.45, 2.75) is 34.6 Å². The molecule has 0 radical (unpaired) electrons. The molecule has 0 heterocycles. The van der Waals surface area contributed by atoms with Gasteiger partial charge in [-0.25, -0.2) is 0 Å². The average Bonchev–Trinajstić information content (AvgIpc) is 2.15. The fourth-order valence-corrected chi connectivity index (χ4v) is 2.35. The van der Waals surface area contributed by atoms with Crippen LogP contribution in [0.25, 0.3) is 0 Å². The van der Waals surface area contributed by atoms with E-state index >= 15 is 0 Å². The standard InChI is InChI=1S/C15H22O2/c1-9(2)13(8-16)15(17)14-11(4)6-10(3)7-12(14)5/h6-7,9,13,16H,8H2,1-5H3. The highest BCUT2D eigenvalue weighted by atomic mass is 16.3. The van der Waals surface area contributed by atoms with E-state index in [0.717, 1.165) is 16.7 Å². The van der Waals surface area contributed by atoms with Gasteiger partial charge in [-0.1, -0.05) is 31.5 Å². The van der Waals surface area contributed by atoms with Crippen LogP contribution in [0.3, 0.4) is 0 Å². The van der Waals surface area contributed by atoms with Gasteiger partial charge in [-0.05, 0) is 37.8 Å². The third-order valence-corrected chi connectivity index (χ3v) is 3.26. The van der Waals surface area contributed by atoms with Gasteiger partial charge in [0, 0.05) is 11.5 Å². The summed E-state index contributed by atoms with van der Waals surface area (Å²) < 4.78 is 0. The molecule has 0 aliphatic heterocycles. The first kappa shape index (κ1) is 13.9. The molecule has 1 N–H and O–H groups in total. The second-order valence-electron chi connectivity index (χ2n) is 5.17. The molecule has 1 aromatic rings. The van der Waals surface area contributed by atoms with Crippen LogP contribution in [-0.4, -0.2) is 17.5 Å². The molecular weight excluding hydrogens is 212 g/mol. The lowest BCUT2D eigenvalue weighted by molar-refractivity contribution is 0.0805. The van der Waals surface area contributed by atoms with Gasteiger partial charge in [0.25, 0.3) is 0 Å². The summed E-state index contributed by atoms with van der Waals surface area (Å²) in [6.07, 6.45) is 0. The molecule has 1 unspecified atom stereocenters. The van der Waals surface area contributed by atoms with Crippen molar-refractivity contribution in [3.63, 3.8) is 0 Å². The van der Waals surface area contributed by atoms with E-state index in [1.807, 2.05) is 46.8 Å². The van der Waals surface area contributed by atoms with Gasteiger partial charge in [0.05, 0.1) is 6.61 Å². The normalized spacial score (nSPS) is 12.9. The Balaban J connectivity index is 3.20. The average molecular weight is 234 g/mol. The summed E-state index contributed by atoms with van der Waals surface area (Å²) >= 11 is 0. The number of aryl methyl sites for hydroxylation is 3. The van der Waals surface area contributed by atoms with E-state index in [2.05, 4.69) is 0 Å². The van der Waals surface area contributed by atoms with E-state index < -0.39 is 0 Å². The van der Waals surface area contributed by atoms with Gasteiger partial charge in [0.15, 0.2) is 5.78 Å².